The lowest BCUT2D eigenvalue weighted by atomic mass is 9.96. The van der Waals surface area contributed by atoms with Crippen molar-refractivity contribution < 1.29 is 14.6 Å². The van der Waals surface area contributed by atoms with Crippen molar-refractivity contribution in [2.24, 2.45) is 0 Å². The van der Waals surface area contributed by atoms with Crippen molar-refractivity contribution in [1.82, 2.24) is 9.55 Å². The molecule has 21 heavy (non-hydrogen) atoms. The number of carboxylic acid groups (broad SMARTS) is 1. The molecule has 3 rings (SSSR count). The van der Waals surface area contributed by atoms with Crippen LogP contribution in [-0.2, 0) is 11.2 Å². The number of rotatable bonds is 3. The Balaban J connectivity index is 1.89. The lowest BCUT2D eigenvalue weighted by Crippen LogP contribution is -2.32. The fourth-order valence-electron chi connectivity index (χ4n) is 2.63. The molecule has 5 nitrogen and oxygen atoms in total. The number of hydrogen-bond acceptors (Lipinski definition) is 3. The van der Waals surface area contributed by atoms with Crippen molar-refractivity contribution in [2.45, 2.75) is 25.5 Å². The highest BCUT2D eigenvalue weighted by atomic mass is 16.5. The van der Waals surface area contributed by atoms with Crippen LogP contribution in [0.2, 0.25) is 0 Å². The minimum absolute atomic E-state index is 0.0621. The summed E-state index contributed by atoms with van der Waals surface area (Å²) in [6.07, 6.45) is 9.12. The number of carbonyl (C=O) groups is 1. The first kappa shape index (κ1) is 13.4. The second-order valence-corrected chi connectivity index (χ2v) is 5.14. The van der Waals surface area contributed by atoms with Crippen LogP contribution < -0.4 is 4.74 Å². The van der Waals surface area contributed by atoms with Crippen LogP contribution in [0.1, 0.15) is 24.1 Å². The lowest BCUT2D eigenvalue weighted by molar-refractivity contribution is -0.131. The van der Waals surface area contributed by atoms with Gasteiger partial charge in [-0.1, -0.05) is 6.07 Å². The molecule has 5 heteroatoms. The molecule has 1 N–H and O–H groups in total. The highest BCUT2D eigenvalue weighted by Gasteiger charge is 2.27. The Hall–Kier alpha value is -2.56. The molecule has 0 spiro atoms. The second-order valence-electron chi connectivity index (χ2n) is 5.14. The SMILES string of the molecule is CC1Oc2ccc(C=CC(=O)O)cc2CC1n1ccnc1. The third-order valence-corrected chi connectivity index (χ3v) is 3.69. The summed E-state index contributed by atoms with van der Waals surface area (Å²) in [5.74, 6) is -0.0831. The van der Waals surface area contributed by atoms with Gasteiger partial charge in [0.2, 0.25) is 0 Å². The molecule has 2 unspecified atom stereocenters. The van der Waals surface area contributed by atoms with Crippen molar-refractivity contribution in [3.63, 3.8) is 0 Å². The molecule has 108 valence electrons. The molecule has 1 aromatic carbocycles. The molecular weight excluding hydrogens is 268 g/mol. The number of fused-ring (bicyclic) bond motifs is 1. The van der Waals surface area contributed by atoms with E-state index in [2.05, 4.69) is 4.98 Å². The van der Waals surface area contributed by atoms with Crippen LogP contribution in [0.25, 0.3) is 6.08 Å². The molecule has 0 fully saturated rings. The van der Waals surface area contributed by atoms with Gasteiger partial charge in [-0.15, -0.1) is 0 Å². The van der Waals surface area contributed by atoms with E-state index in [4.69, 9.17) is 9.84 Å². The van der Waals surface area contributed by atoms with Gasteiger partial charge in [-0.2, -0.15) is 0 Å². The maximum absolute atomic E-state index is 10.6. The van der Waals surface area contributed by atoms with E-state index in [-0.39, 0.29) is 12.1 Å². The first-order chi connectivity index (χ1) is 10.1. The summed E-state index contributed by atoms with van der Waals surface area (Å²) in [4.78, 5) is 14.7. The monoisotopic (exact) mass is 284 g/mol. The van der Waals surface area contributed by atoms with Crippen LogP contribution in [0.3, 0.4) is 0 Å². The number of nitrogens with zero attached hydrogens (tertiary/aromatic N) is 2. The number of imidazole rings is 1. The van der Waals surface area contributed by atoms with Gasteiger partial charge in [-0.3, -0.25) is 0 Å². The molecule has 2 aromatic rings. The maximum atomic E-state index is 10.6. The number of carboxylic acids is 1. The van der Waals surface area contributed by atoms with E-state index in [1.54, 1.807) is 18.6 Å². The Morgan fingerprint density at radius 1 is 1.52 bits per heavy atom. The Labute approximate surface area is 122 Å². The largest absolute Gasteiger partial charge is 0.488 e. The Bertz CT molecular complexity index is 677. The first-order valence-electron chi connectivity index (χ1n) is 6.81. The van der Waals surface area contributed by atoms with E-state index in [0.29, 0.717) is 0 Å². The Morgan fingerprint density at radius 2 is 2.38 bits per heavy atom. The molecule has 1 aliphatic heterocycles. The summed E-state index contributed by atoms with van der Waals surface area (Å²) >= 11 is 0. The van der Waals surface area contributed by atoms with Crippen LogP contribution >= 0.6 is 0 Å². The van der Waals surface area contributed by atoms with Crippen LogP contribution in [0.4, 0.5) is 0 Å². The third-order valence-electron chi connectivity index (χ3n) is 3.69. The van der Waals surface area contributed by atoms with E-state index in [1.807, 2.05) is 35.9 Å². The summed E-state index contributed by atoms with van der Waals surface area (Å²) < 4.78 is 8.01. The number of aliphatic carboxylic acids is 1. The van der Waals surface area contributed by atoms with Gasteiger partial charge in [0.25, 0.3) is 0 Å². The summed E-state index contributed by atoms with van der Waals surface area (Å²) in [5.41, 5.74) is 1.94. The Kier molecular flexibility index (Phi) is 3.48. The molecule has 2 atom stereocenters. The minimum atomic E-state index is -0.950. The van der Waals surface area contributed by atoms with E-state index in [1.165, 1.54) is 0 Å². The van der Waals surface area contributed by atoms with Crippen molar-refractivity contribution >= 4 is 12.0 Å². The molecule has 0 amide bonds. The van der Waals surface area contributed by atoms with Crippen LogP contribution in [0.5, 0.6) is 5.75 Å². The normalized spacial score (nSPS) is 21.0. The third kappa shape index (κ3) is 2.81. The molecule has 0 saturated heterocycles. The highest BCUT2D eigenvalue weighted by Crippen LogP contribution is 2.34. The van der Waals surface area contributed by atoms with Gasteiger partial charge in [0.15, 0.2) is 0 Å². The van der Waals surface area contributed by atoms with Crippen molar-refractivity contribution in [2.75, 3.05) is 0 Å². The zero-order valence-electron chi connectivity index (χ0n) is 11.6. The molecule has 1 aliphatic rings. The van der Waals surface area contributed by atoms with Gasteiger partial charge in [-0.05, 0) is 36.3 Å². The van der Waals surface area contributed by atoms with Crippen LogP contribution in [-0.4, -0.2) is 26.7 Å². The second kappa shape index (κ2) is 5.44. The van der Waals surface area contributed by atoms with Gasteiger partial charge < -0.3 is 14.4 Å². The van der Waals surface area contributed by atoms with Crippen LogP contribution in [0, 0.1) is 0 Å². The van der Waals surface area contributed by atoms with Crippen molar-refractivity contribution in [3.05, 3.63) is 54.1 Å². The summed E-state index contributed by atoms with van der Waals surface area (Å²) in [6.45, 7) is 2.05. The molecule has 0 saturated carbocycles. The average molecular weight is 284 g/mol. The smallest absolute Gasteiger partial charge is 0.328 e. The van der Waals surface area contributed by atoms with Crippen LogP contribution in [0.15, 0.2) is 43.0 Å². The first-order valence-corrected chi connectivity index (χ1v) is 6.81. The number of benzene rings is 1. The predicted octanol–water partition coefficient (Wildman–Crippen LogP) is 2.55. The fraction of sp³-hybridized carbons (Fsp3) is 0.250. The molecule has 2 heterocycles. The number of aromatic nitrogens is 2. The average Bonchev–Trinajstić information content (AvgIpc) is 2.98. The molecule has 0 bridgehead atoms. The quantitative estimate of drug-likeness (QED) is 0.880. The molecule has 1 aromatic heterocycles. The number of ether oxygens (including phenoxy) is 1. The zero-order chi connectivity index (χ0) is 14.8. The van der Waals surface area contributed by atoms with Gasteiger partial charge in [0, 0.05) is 24.9 Å². The molecule has 0 radical (unpaired) electrons. The minimum Gasteiger partial charge on any atom is -0.488 e. The number of hydrogen-bond donors (Lipinski definition) is 1. The zero-order valence-corrected chi connectivity index (χ0v) is 11.6. The van der Waals surface area contributed by atoms with Crippen molar-refractivity contribution in [1.29, 1.82) is 0 Å². The molecule has 0 aliphatic carbocycles. The van der Waals surface area contributed by atoms with E-state index in [9.17, 15) is 4.79 Å². The van der Waals surface area contributed by atoms with Gasteiger partial charge in [0.05, 0.1) is 12.4 Å². The van der Waals surface area contributed by atoms with E-state index < -0.39 is 5.97 Å². The summed E-state index contributed by atoms with van der Waals surface area (Å²) in [5, 5.41) is 8.69. The van der Waals surface area contributed by atoms with Gasteiger partial charge in [0.1, 0.15) is 11.9 Å². The lowest BCUT2D eigenvalue weighted by Gasteiger charge is -2.32. The van der Waals surface area contributed by atoms with Gasteiger partial charge >= 0.3 is 5.97 Å². The summed E-state index contributed by atoms with van der Waals surface area (Å²) in [6, 6.07) is 5.93. The molecular formula is C16H16N2O3. The fourth-order valence-corrected chi connectivity index (χ4v) is 2.63. The standard InChI is InChI=1S/C16H16N2O3/c1-11-14(18-7-6-17-10-18)9-13-8-12(3-5-16(19)20)2-4-15(13)21-11/h2-8,10-11,14H,9H2,1H3,(H,19,20). The Morgan fingerprint density at radius 3 is 3.10 bits per heavy atom. The maximum Gasteiger partial charge on any atom is 0.328 e. The summed E-state index contributed by atoms with van der Waals surface area (Å²) in [7, 11) is 0. The topological polar surface area (TPSA) is 64.3 Å². The highest BCUT2D eigenvalue weighted by molar-refractivity contribution is 5.85. The van der Waals surface area contributed by atoms with E-state index in [0.717, 1.165) is 29.4 Å². The van der Waals surface area contributed by atoms with E-state index >= 15 is 0 Å². The predicted molar refractivity (Wildman–Crippen MR) is 78.2 cm³/mol. The van der Waals surface area contributed by atoms with Crippen molar-refractivity contribution in [3.8, 4) is 5.75 Å². The van der Waals surface area contributed by atoms with Gasteiger partial charge in [-0.25, -0.2) is 9.78 Å².